The lowest BCUT2D eigenvalue weighted by Crippen LogP contribution is -2.45. The minimum Gasteiger partial charge on any atom is -0.464 e. The van der Waals surface area contributed by atoms with Gasteiger partial charge in [-0.25, -0.2) is 0 Å². The number of imide groups is 1. The number of rotatable bonds is 3. The van der Waals surface area contributed by atoms with Crippen LogP contribution in [0.5, 0.6) is 0 Å². The number of nitrogens with one attached hydrogen (secondary N) is 1. The molecule has 0 aliphatic rings. The lowest BCUT2D eigenvalue weighted by Gasteiger charge is -2.09. The number of hydrogen-bond donors (Lipinski definition) is 2. The molecule has 0 radical (unpaired) electrons. The molecule has 0 rings (SSSR count). The monoisotopic (exact) mass is 188 g/mol. The summed E-state index contributed by atoms with van der Waals surface area (Å²) in [4.78, 5) is 31.6. The summed E-state index contributed by atoms with van der Waals surface area (Å²) in [6.45, 7) is 2.17. The van der Waals surface area contributed by atoms with Gasteiger partial charge in [-0.15, -0.1) is 0 Å². The molecule has 0 heterocycles. The highest BCUT2D eigenvalue weighted by Crippen LogP contribution is 1.83. The van der Waals surface area contributed by atoms with Crippen molar-refractivity contribution in [3.05, 3.63) is 0 Å². The summed E-state index contributed by atoms with van der Waals surface area (Å²) in [6, 6.07) is -1.01. The summed E-state index contributed by atoms with van der Waals surface area (Å²) >= 11 is 0. The van der Waals surface area contributed by atoms with Crippen molar-refractivity contribution in [3.63, 3.8) is 0 Å². The van der Waals surface area contributed by atoms with Gasteiger partial charge in [-0.3, -0.25) is 19.7 Å². The SMILES string of the molecule is CC(=O)NC(=O)[C@@H](N)COC(C)=O. The minimum atomic E-state index is -1.01. The Morgan fingerprint density at radius 2 is 1.92 bits per heavy atom. The van der Waals surface area contributed by atoms with Gasteiger partial charge in [0.15, 0.2) is 0 Å². The topological polar surface area (TPSA) is 98.5 Å². The van der Waals surface area contributed by atoms with Gasteiger partial charge in [-0.05, 0) is 0 Å². The maximum atomic E-state index is 10.9. The summed E-state index contributed by atoms with van der Waals surface area (Å²) in [6.07, 6.45) is 0. The van der Waals surface area contributed by atoms with Crippen molar-refractivity contribution in [2.45, 2.75) is 19.9 Å². The molecule has 74 valence electrons. The molecular weight excluding hydrogens is 176 g/mol. The van der Waals surface area contributed by atoms with Crippen molar-refractivity contribution in [2.75, 3.05) is 6.61 Å². The van der Waals surface area contributed by atoms with E-state index in [1.165, 1.54) is 13.8 Å². The molecule has 0 saturated carbocycles. The van der Waals surface area contributed by atoms with Crippen LogP contribution in [-0.2, 0) is 19.1 Å². The Labute approximate surface area is 75.4 Å². The maximum absolute atomic E-state index is 10.9. The standard InChI is InChI=1S/C7H12N2O4/c1-4(10)9-7(12)6(8)3-13-5(2)11/h6H,3,8H2,1-2H3,(H,9,10,12)/t6-/m0/s1. The third-order valence-corrected chi connectivity index (χ3v) is 1.10. The summed E-state index contributed by atoms with van der Waals surface area (Å²) < 4.78 is 4.47. The molecule has 0 aromatic heterocycles. The third kappa shape index (κ3) is 5.80. The molecule has 3 N–H and O–H groups in total. The number of hydrogen-bond acceptors (Lipinski definition) is 5. The zero-order chi connectivity index (χ0) is 10.4. The van der Waals surface area contributed by atoms with Crippen LogP contribution in [-0.4, -0.2) is 30.4 Å². The van der Waals surface area contributed by atoms with Gasteiger partial charge in [0, 0.05) is 13.8 Å². The second kappa shape index (κ2) is 5.26. The van der Waals surface area contributed by atoms with E-state index in [2.05, 4.69) is 4.74 Å². The van der Waals surface area contributed by atoms with Crippen molar-refractivity contribution in [3.8, 4) is 0 Å². The highest BCUT2D eigenvalue weighted by Gasteiger charge is 2.15. The van der Waals surface area contributed by atoms with Crippen molar-refractivity contribution in [1.29, 1.82) is 0 Å². The molecule has 0 saturated heterocycles. The normalized spacial score (nSPS) is 11.6. The van der Waals surface area contributed by atoms with Gasteiger partial charge < -0.3 is 10.5 Å². The van der Waals surface area contributed by atoms with E-state index in [4.69, 9.17) is 5.73 Å². The number of ether oxygens (including phenoxy) is 1. The summed E-state index contributed by atoms with van der Waals surface area (Å²) in [5.74, 6) is -1.68. The fourth-order valence-electron chi connectivity index (χ4n) is 0.549. The first kappa shape index (κ1) is 11.6. The van der Waals surface area contributed by atoms with E-state index in [0.717, 1.165) is 0 Å². The van der Waals surface area contributed by atoms with Crippen molar-refractivity contribution in [2.24, 2.45) is 5.73 Å². The van der Waals surface area contributed by atoms with Gasteiger partial charge in [-0.2, -0.15) is 0 Å². The molecule has 6 nitrogen and oxygen atoms in total. The number of amides is 2. The molecule has 0 spiro atoms. The van der Waals surface area contributed by atoms with Gasteiger partial charge in [-0.1, -0.05) is 0 Å². The molecule has 0 aromatic carbocycles. The van der Waals surface area contributed by atoms with Gasteiger partial charge in [0.1, 0.15) is 12.6 Å². The Morgan fingerprint density at radius 3 is 2.31 bits per heavy atom. The predicted molar refractivity (Wildman–Crippen MR) is 43.4 cm³/mol. The Kier molecular flexibility index (Phi) is 4.68. The Hall–Kier alpha value is -1.43. The van der Waals surface area contributed by atoms with E-state index in [-0.39, 0.29) is 6.61 Å². The third-order valence-electron chi connectivity index (χ3n) is 1.10. The molecule has 0 fully saturated rings. The van der Waals surface area contributed by atoms with Crippen LogP contribution in [0.2, 0.25) is 0 Å². The van der Waals surface area contributed by atoms with Crippen molar-refractivity contribution in [1.82, 2.24) is 5.32 Å². The highest BCUT2D eigenvalue weighted by molar-refractivity contribution is 5.96. The summed E-state index contributed by atoms with van der Waals surface area (Å²) in [7, 11) is 0. The largest absolute Gasteiger partial charge is 0.464 e. The molecule has 13 heavy (non-hydrogen) atoms. The fourth-order valence-corrected chi connectivity index (χ4v) is 0.549. The van der Waals surface area contributed by atoms with Gasteiger partial charge in [0.2, 0.25) is 11.8 Å². The van der Waals surface area contributed by atoms with E-state index >= 15 is 0 Å². The minimum absolute atomic E-state index is 0.228. The first-order valence-corrected chi connectivity index (χ1v) is 3.64. The van der Waals surface area contributed by atoms with E-state index in [9.17, 15) is 14.4 Å². The van der Waals surface area contributed by atoms with Crippen molar-refractivity contribution < 1.29 is 19.1 Å². The average molecular weight is 188 g/mol. The second-order valence-corrected chi connectivity index (χ2v) is 2.45. The van der Waals surface area contributed by atoms with Crippen LogP contribution in [0, 0.1) is 0 Å². The molecule has 0 aliphatic heterocycles. The van der Waals surface area contributed by atoms with E-state index in [1.807, 2.05) is 5.32 Å². The number of carbonyl (C=O) groups excluding carboxylic acids is 3. The first-order chi connectivity index (χ1) is 5.93. The molecule has 0 unspecified atom stereocenters. The Bertz CT molecular complexity index is 227. The van der Waals surface area contributed by atoms with Gasteiger partial charge in [0.25, 0.3) is 0 Å². The highest BCUT2D eigenvalue weighted by atomic mass is 16.5. The first-order valence-electron chi connectivity index (χ1n) is 3.64. The summed E-state index contributed by atoms with van der Waals surface area (Å²) in [5.41, 5.74) is 5.27. The van der Waals surface area contributed by atoms with Crippen LogP contribution >= 0.6 is 0 Å². The van der Waals surface area contributed by atoms with E-state index in [0.29, 0.717) is 0 Å². The van der Waals surface area contributed by atoms with E-state index < -0.39 is 23.8 Å². The molecular formula is C7H12N2O4. The Balaban J connectivity index is 3.82. The van der Waals surface area contributed by atoms with Gasteiger partial charge in [0.05, 0.1) is 0 Å². The fraction of sp³-hybridized carbons (Fsp3) is 0.571. The molecule has 0 bridgehead atoms. The van der Waals surface area contributed by atoms with Crippen LogP contribution in [0.4, 0.5) is 0 Å². The molecule has 2 amide bonds. The quantitative estimate of drug-likeness (QED) is 0.527. The summed E-state index contributed by atoms with van der Waals surface area (Å²) in [5, 5.41) is 1.97. The van der Waals surface area contributed by atoms with Crippen LogP contribution in [0.1, 0.15) is 13.8 Å². The average Bonchev–Trinajstić information content (AvgIpc) is 1.98. The molecule has 0 aromatic rings. The van der Waals surface area contributed by atoms with Crippen LogP contribution in [0.25, 0.3) is 0 Å². The predicted octanol–water partition coefficient (Wildman–Crippen LogP) is -1.46. The van der Waals surface area contributed by atoms with Crippen LogP contribution in [0.3, 0.4) is 0 Å². The molecule has 0 aliphatic carbocycles. The number of esters is 1. The zero-order valence-electron chi connectivity index (χ0n) is 7.49. The Morgan fingerprint density at radius 1 is 1.38 bits per heavy atom. The van der Waals surface area contributed by atoms with E-state index in [1.54, 1.807) is 0 Å². The van der Waals surface area contributed by atoms with Crippen LogP contribution in [0.15, 0.2) is 0 Å². The lowest BCUT2D eigenvalue weighted by molar-refractivity contribution is -0.142. The van der Waals surface area contributed by atoms with Gasteiger partial charge >= 0.3 is 5.97 Å². The molecule has 6 heteroatoms. The number of carbonyl (C=O) groups is 3. The van der Waals surface area contributed by atoms with Crippen molar-refractivity contribution >= 4 is 17.8 Å². The van der Waals surface area contributed by atoms with Crippen LogP contribution < -0.4 is 11.1 Å². The zero-order valence-corrected chi connectivity index (χ0v) is 7.49. The number of nitrogens with two attached hydrogens (primary N) is 1. The lowest BCUT2D eigenvalue weighted by atomic mass is 10.3. The molecule has 1 atom stereocenters. The maximum Gasteiger partial charge on any atom is 0.302 e. The second-order valence-electron chi connectivity index (χ2n) is 2.45. The smallest absolute Gasteiger partial charge is 0.302 e.